The first-order valence-corrected chi connectivity index (χ1v) is 5.51. The molecule has 0 saturated heterocycles. The monoisotopic (exact) mass is 216 g/mol. The second-order valence-electron chi connectivity index (χ2n) is 2.36. The van der Waals surface area contributed by atoms with Crippen molar-refractivity contribution in [2.75, 3.05) is 6.26 Å². The quantitative estimate of drug-likeness (QED) is 0.622. The van der Waals surface area contributed by atoms with E-state index in [0.29, 0.717) is 16.7 Å². The summed E-state index contributed by atoms with van der Waals surface area (Å²) in [5.41, 5.74) is 0.451. The number of carboxylic acid groups (broad SMARTS) is 1. The second-order valence-corrected chi connectivity index (χ2v) is 4.66. The van der Waals surface area contributed by atoms with Gasteiger partial charge in [-0.15, -0.1) is 23.1 Å². The Kier molecular flexibility index (Phi) is 3.11. The van der Waals surface area contributed by atoms with Crippen LogP contribution in [-0.2, 0) is 0 Å². The first kappa shape index (κ1) is 10.3. The summed E-state index contributed by atoms with van der Waals surface area (Å²) < 4.78 is 0.768. The smallest absolute Gasteiger partial charge is 0.337 e. The van der Waals surface area contributed by atoms with Crippen LogP contribution in [0.1, 0.15) is 25.6 Å². The molecule has 0 aliphatic heterocycles. The second kappa shape index (κ2) is 3.93. The molecule has 1 aromatic rings. The number of carbonyl (C=O) groups is 2. The molecule has 1 rings (SSSR count). The van der Waals surface area contributed by atoms with E-state index < -0.39 is 5.97 Å². The summed E-state index contributed by atoms with van der Waals surface area (Å²) in [5.74, 6) is -1.03. The van der Waals surface area contributed by atoms with E-state index in [0.717, 1.165) is 4.21 Å². The van der Waals surface area contributed by atoms with Gasteiger partial charge < -0.3 is 5.11 Å². The third-order valence-corrected chi connectivity index (χ3v) is 3.86. The maximum atomic E-state index is 10.8. The average Bonchev–Trinajstić information content (AvgIpc) is 2.41. The fourth-order valence-corrected chi connectivity index (χ4v) is 2.98. The van der Waals surface area contributed by atoms with Crippen molar-refractivity contribution in [3.8, 4) is 0 Å². The Balaban J connectivity index is 3.39. The lowest BCUT2D eigenvalue weighted by Crippen LogP contribution is -2.00. The van der Waals surface area contributed by atoms with E-state index in [9.17, 15) is 9.59 Å². The van der Waals surface area contributed by atoms with Crippen molar-refractivity contribution in [3.05, 3.63) is 16.0 Å². The SMILES string of the molecule is CSc1sc(C)c(C(=O)O)c1C=O. The molecule has 0 aliphatic carbocycles. The van der Waals surface area contributed by atoms with Crippen LogP contribution in [0.25, 0.3) is 0 Å². The van der Waals surface area contributed by atoms with Crippen molar-refractivity contribution in [3.63, 3.8) is 0 Å². The highest BCUT2D eigenvalue weighted by molar-refractivity contribution is 8.00. The van der Waals surface area contributed by atoms with Crippen LogP contribution in [0.3, 0.4) is 0 Å². The van der Waals surface area contributed by atoms with Gasteiger partial charge >= 0.3 is 5.97 Å². The molecule has 0 bridgehead atoms. The molecular weight excluding hydrogens is 208 g/mol. The van der Waals surface area contributed by atoms with Crippen molar-refractivity contribution in [1.29, 1.82) is 0 Å². The molecule has 3 nitrogen and oxygen atoms in total. The first-order chi connectivity index (χ1) is 6.11. The van der Waals surface area contributed by atoms with Crippen molar-refractivity contribution >= 4 is 35.4 Å². The molecule has 70 valence electrons. The zero-order valence-corrected chi connectivity index (χ0v) is 8.79. The van der Waals surface area contributed by atoms with Crippen LogP contribution in [-0.4, -0.2) is 23.6 Å². The Labute approximate surface area is 83.8 Å². The predicted octanol–water partition coefficient (Wildman–Crippen LogP) is 2.29. The molecule has 0 saturated carbocycles. The highest BCUT2D eigenvalue weighted by Gasteiger charge is 2.19. The molecule has 1 heterocycles. The summed E-state index contributed by atoms with van der Waals surface area (Å²) in [4.78, 5) is 22.1. The highest BCUT2D eigenvalue weighted by atomic mass is 32.2. The van der Waals surface area contributed by atoms with Gasteiger partial charge in [-0.2, -0.15) is 0 Å². The minimum absolute atomic E-state index is 0.143. The Morgan fingerprint density at radius 1 is 1.62 bits per heavy atom. The third kappa shape index (κ3) is 1.76. The normalized spacial score (nSPS) is 10.0. The highest BCUT2D eigenvalue weighted by Crippen LogP contribution is 2.33. The van der Waals surface area contributed by atoms with Crippen LogP contribution in [0.15, 0.2) is 4.21 Å². The van der Waals surface area contributed by atoms with Crippen molar-refractivity contribution in [1.82, 2.24) is 0 Å². The number of aldehydes is 1. The number of carboxylic acids is 1. The van der Waals surface area contributed by atoms with Gasteiger partial charge in [-0.3, -0.25) is 4.79 Å². The summed E-state index contributed by atoms with van der Waals surface area (Å²) >= 11 is 2.74. The lowest BCUT2D eigenvalue weighted by atomic mass is 10.2. The molecule has 1 N–H and O–H groups in total. The molecular formula is C8H8O3S2. The number of thiophene rings is 1. The minimum atomic E-state index is -1.03. The van der Waals surface area contributed by atoms with E-state index in [4.69, 9.17) is 5.11 Å². The van der Waals surface area contributed by atoms with Crippen LogP contribution in [0, 0.1) is 6.92 Å². The van der Waals surface area contributed by atoms with Crippen LogP contribution in [0.2, 0.25) is 0 Å². The first-order valence-electron chi connectivity index (χ1n) is 3.47. The number of rotatable bonds is 3. The van der Waals surface area contributed by atoms with Gasteiger partial charge in [-0.1, -0.05) is 0 Å². The molecule has 0 atom stereocenters. The summed E-state index contributed by atoms with van der Waals surface area (Å²) in [6.45, 7) is 1.71. The topological polar surface area (TPSA) is 54.4 Å². The standard InChI is InChI=1S/C8H8O3S2/c1-4-6(7(10)11)5(3-9)8(12-2)13-4/h3H,1-2H3,(H,10,11). The fraction of sp³-hybridized carbons (Fsp3) is 0.250. The summed E-state index contributed by atoms with van der Waals surface area (Å²) in [5, 5.41) is 8.82. The van der Waals surface area contributed by atoms with Gasteiger partial charge in [0.05, 0.1) is 15.3 Å². The largest absolute Gasteiger partial charge is 0.478 e. The minimum Gasteiger partial charge on any atom is -0.478 e. The van der Waals surface area contributed by atoms with Crippen molar-refractivity contribution in [2.45, 2.75) is 11.1 Å². The molecule has 0 radical (unpaired) electrons. The Morgan fingerprint density at radius 2 is 2.23 bits per heavy atom. The molecule has 1 aromatic heterocycles. The summed E-state index contributed by atoms with van der Waals surface area (Å²) in [6, 6.07) is 0. The van der Waals surface area contributed by atoms with Gasteiger partial charge in [0.1, 0.15) is 0 Å². The maximum absolute atomic E-state index is 10.8. The molecule has 0 spiro atoms. The van der Waals surface area contributed by atoms with E-state index in [1.54, 1.807) is 6.92 Å². The Morgan fingerprint density at radius 3 is 2.62 bits per heavy atom. The van der Waals surface area contributed by atoms with Gasteiger partial charge in [-0.05, 0) is 13.2 Å². The van der Waals surface area contributed by atoms with Crippen LogP contribution >= 0.6 is 23.1 Å². The van der Waals surface area contributed by atoms with Crippen molar-refractivity contribution < 1.29 is 14.7 Å². The van der Waals surface area contributed by atoms with Crippen molar-refractivity contribution in [2.24, 2.45) is 0 Å². The average molecular weight is 216 g/mol. The summed E-state index contributed by atoms with van der Waals surface area (Å²) in [7, 11) is 0. The molecule has 13 heavy (non-hydrogen) atoms. The number of hydrogen-bond acceptors (Lipinski definition) is 4. The Hall–Kier alpha value is -0.810. The predicted molar refractivity (Wildman–Crippen MR) is 53.2 cm³/mol. The zero-order valence-electron chi connectivity index (χ0n) is 7.16. The lowest BCUT2D eigenvalue weighted by Gasteiger charge is -1.93. The number of aryl methyl sites for hydroxylation is 1. The number of hydrogen-bond donors (Lipinski definition) is 1. The van der Waals surface area contributed by atoms with E-state index in [2.05, 4.69) is 0 Å². The van der Waals surface area contributed by atoms with E-state index in [-0.39, 0.29) is 5.56 Å². The van der Waals surface area contributed by atoms with E-state index >= 15 is 0 Å². The fourth-order valence-electron chi connectivity index (χ4n) is 1.06. The van der Waals surface area contributed by atoms with Gasteiger partial charge in [0.25, 0.3) is 0 Å². The molecule has 0 unspecified atom stereocenters. The molecule has 0 aliphatic rings. The summed E-state index contributed by atoms with van der Waals surface area (Å²) in [6.07, 6.45) is 2.43. The maximum Gasteiger partial charge on any atom is 0.337 e. The number of carbonyl (C=O) groups excluding carboxylic acids is 1. The molecule has 0 amide bonds. The third-order valence-electron chi connectivity index (χ3n) is 1.60. The van der Waals surface area contributed by atoms with E-state index in [1.807, 2.05) is 6.26 Å². The number of aromatic carboxylic acids is 1. The van der Waals surface area contributed by atoms with Crippen LogP contribution < -0.4 is 0 Å². The molecule has 0 fully saturated rings. The Bertz CT molecular complexity index is 355. The van der Waals surface area contributed by atoms with Crippen LogP contribution in [0.4, 0.5) is 0 Å². The zero-order chi connectivity index (χ0) is 10.0. The van der Waals surface area contributed by atoms with E-state index in [1.165, 1.54) is 23.1 Å². The molecule has 0 aromatic carbocycles. The van der Waals surface area contributed by atoms with Crippen LogP contribution in [0.5, 0.6) is 0 Å². The number of thioether (sulfide) groups is 1. The van der Waals surface area contributed by atoms with Gasteiger partial charge in [-0.25, -0.2) is 4.79 Å². The van der Waals surface area contributed by atoms with Gasteiger partial charge in [0.15, 0.2) is 6.29 Å². The van der Waals surface area contributed by atoms with Gasteiger partial charge in [0, 0.05) is 4.88 Å². The van der Waals surface area contributed by atoms with Gasteiger partial charge in [0.2, 0.25) is 0 Å². The lowest BCUT2D eigenvalue weighted by molar-refractivity contribution is 0.0693. The molecule has 5 heteroatoms.